The molecule has 1 aromatic heterocycles. The molecule has 2 rings (SSSR count). The van der Waals surface area contributed by atoms with Gasteiger partial charge in [0.25, 0.3) is 0 Å². The Balaban J connectivity index is 2.46. The number of nitrogens with zero attached hydrogens (tertiary/aromatic N) is 1. The molecule has 0 unspecified atom stereocenters. The van der Waals surface area contributed by atoms with E-state index in [1.165, 1.54) is 6.07 Å². The lowest BCUT2D eigenvalue weighted by Crippen LogP contribution is -1.92. The average molecular weight is 250 g/mol. The van der Waals surface area contributed by atoms with Crippen molar-refractivity contribution in [2.75, 3.05) is 0 Å². The second-order valence-corrected chi connectivity index (χ2v) is 4.26. The molecule has 0 bridgehead atoms. The molecule has 0 spiro atoms. The van der Waals surface area contributed by atoms with E-state index in [1.807, 2.05) is 6.92 Å². The molecular formula is C14H16F2N2. The molecule has 1 heterocycles. The lowest BCUT2D eigenvalue weighted by atomic mass is 10.0. The number of aromatic amines is 1. The van der Waals surface area contributed by atoms with Gasteiger partial charge in [-0.1, -0.05) is 20.3 Å². The van der Waals surface area contributed by atoms with Crippen LogP contribution in [-0.4, -0.2) is 10.2 Å². The van der Waals surface area contributed by atoms with Crippen molar-refractivity contribution in [2.45, 2.75) is 33.1 Å². The predicted molar refractivity (Wildman–Crippen MR) is 67.3 cm³/mol. The van der Waals surface area contributed by atoms with Crippen molar-refractivity contribution in [1.29, 1.82) is 0 Å². The Morgan fingerprint density at radius 3 is 2.56 bits per heavy atom. The molecule has 4 heteroatoms. The zero-order valence-electron chi connectivity index (χ0n) is 10.6. The molecule has 0 amide bonds. The third kappa shape index (κ3) is 2.28. The topological polar surface area (TPSA) is 28.7 Å². The Labute approximate surface area is 105 Å². The van der Waals surface area contributed by atoms with Crippen LogP contribution in [0.25, 0.3) is 11.3 Å². The number of nitrogens with one attached hydrogen (secondary N) is 1. The van der Waals surface area contributed by atoms with Crippen LogP contribution in [-0.2, 0) is 12.8 Å². The summed E-state index contributed by atoms with van der Waals surface area (Å²) in [5.74, 6) is -1.67. The standard InChI is InChI=1S/C14H16F2N2/c1-3-5-13-10(4-2)14(18-17-13)9-6-7-11(15)12(16)8-9/h6-8H,3-5H2,1-2H3,(H,17,18). The van der Waals surface area contributed by atoms with Crippen LogP contribution >= 0.6 is 0 Å². The highest BCUT2D eigenvalue weighted by atomic mass is 19.2. The van der Waals surface area contributed by atoms with Gasteiger partial charge in [0.1, 0.15) is 0 Å². The van der Waals surface area contributed by atoms with Gasteiger partial charge in [0.15, 0.2) is 11.6 Å². The number of H-pyrrole nitrogens is 1. The van der Waals surface area contributed by atoms with E-state index in [2.05, 4.69) is 17.1 Å². The summed E-state index contributed by atoms with van der Waals surface area (Å²) in [4.78, 5) is 0. The molecule has 0 atom stereocenters. The summed E-state index contributed by atoms with van der Waals surface area (Å²) in [6, 6.07) is 3.89. The number of hydrogen-bond donors (Lipinski definition) is 1. The molecule has 2 aromatic rings. The number of rotatable bonds is 4. The minimum absolute atomic E-state index is 0.615. The smallest absolute Gasteiger partial charge is 0.159 e. The van der Waals surface area contributed by atoms with E-state index in [-0.39, 0.29) is 0 Å². The fourth-order valence-corrected chi connectivity index (χ4v) is 2.12. The molecule has 2 nitrogen and oxygen atoms in total. The first-order valence-corrected chi connectivity index (χ1v) is 6.18. The molecule has 18 heavy (non-hydrogen) atoms. The van der Waals surface area contributed by atoms with Gasteiger partial charge >= 0.3 is 0 Å². The highest BCUT2D eigenvalue weighted by Gasteiger charge is 2.14. The fourth-order valence-electron chi connectivity index (χ4n) is 2.12. The SMILES string of the molecule is CCCc1[nH]nc(-c2ccc(F)c(F)c2)c1CC. The fraction of sp³-hybridized carbons (Fsp3) is 0.357. The van der Waals surface area contributed by atoms with Crippen molar-refractivity contribution in [3.63, 3.8) is 0 Å². The predicted octanol–water partition coefficient (Wildman–Crippen LogP) is 3.87. The quantitative estimate of drug-likeness (QED) is 0.876. The Bertz CT molecular complexity index is 547. The molecule has 0 aliphatic heterocycles. The zero-order chi connectivity index (χ0) is 13.1. The minimum atomic E-state index is -0.838. The van der Waals surface area contributed by atoms with E-state index < -0.39 is 11.6 Å². The summed E-state index contributed by atoms with van der Waals surface area (Å²) >= 11 is 0. The molecule has 0 fully saturated rings. The van der Waals surface area contributed by atoms with Crippen molar-refractivity contribution in [1.82, 2.24) is 10.2 Å². The Hall–Kier alpha value is -1.71. The summed E-state index contributed by atoms with van der Waals surface area (Å²) in [7, 11) is 0. The first-order chi connectivity index (χ1) is 8.67. The van der Waals surface area contributed by atoms with Crippen LogP contribution in [0.15, 0.2) is 18.2 Å². The van der Waals surface area contributed by atoms with E-state index in [0.717, 1.165) is 42.3 Å². The van der Waals surface area contributed by atoms with Crippen LogP contribution < -0.4 is 0 Å². The summed E-state index contributed by atoms with van der Waals surface area (Å²) in [6.45, 7) is 4.13. The van der Waals surface area contributed by atoms with E-state index in [4.69, 9.17) is 0 Å². The highest BCUT2D eigenvalue weighted by molar-refractivity contribution is 5.64. The first kappa shape index (κ1) is 12.7. The number of aryl methyl sites for hydroxylation is 1. The van der Waals surface area contributed by atoms with E-state index in [0.29, 0.717) is 5.56 Å². The molecule has 0 aliphatic rings. The molecule has 0 saturated carbocycles. The maximum atomic E-state index is 13.2. The maximum absolute atomic E-state index is 13.2. The normalized spacial score (nSPS) is 10.9. The number of benzene rings is 1. The van der Waals surface area contributed by atoms with E-state index in [1.54, 1.807) is 6.07 Å². The van der Waals surface area contributed by atoms with Gasteiger partial charge in [0, 0.05) is 16.8 Å². The second kappa shape index (κ2) is 5.29. The lowest BCUT2D eigenvalue weighted by Gasteiger charge is -2.03. The van der Waals surface area contributed by atoms with Crippen LogP contribution in [0, 0.1) is 11.6 Å². The molecule has 96 valence electrons. The van der Waals surface area contributed by atoms with Gasteiger partial charge < -0.3 is 0 Å². The molecule has 0 saturated heterocycles. The first-order valence-electron chi connectivity index (χ1n) is 6.18. The molecule has 1 N–H and O–H groups in total. The van der Waals surface area contributed by atoms with Crippen LogP contribution in [0.1, 0.15) is 31.5 Å². The number of halogens is 2. The van der Waals surface area contributed by atoms with Crippen molar-refractivity contribution in [2.24, 2.45) is 0 Å². The molecule has 0 radical (unpaired) electrons. The number of aromatic nitrogens is 2. The Morgan fingerprint density at radius 1 is 1.17 bits per heavy atom. The molecule has 0 aliphatic carbocycles. The van der Waals surface area contributed by atoms with Gasteiger partial charge in [-0.05, 0) is 31.0 Å². The summed E-state index contributed by atoms with van der Waals surface area (Å²) in [5.41, 5.74) is 3.51. The van der Waals surface area contributed by atoms with Gasteiger partial charge in [-0.2, -0.15) is 5.10 Å². The molecule has 1 aromatic carbocycles. The van der Waals surface area contributed by atoms with Crippen molar-refractivity contribution < 1.29 is 8.78 Å². The minimum Gasteiger partial charge on any atom is -0.282 e. The van der Waals surface area contributed by atoms with Gasteiger partial charge in [0.05, 0.1) is 5.69 Å². The maximum Gasteiger partial charge on any atom is 0.159 e. The average Bonchev–Trinajstić information content (AvgIpc) is 2.76. The van der Waals surface area contributed by atoms with E-state index >= 15 is 0 Å². The van der Waals surface area contributed by atoms with Crippen molar-refractivity contribution in [3.05, 3.63) is 41.1 Å². The van der Waals surface area contributed by atoms with Gasteiger partial charge in [0.2, 0.25) is 0 Å². The largest absolute Gasteiger partial charge is 0.282 e. The second-order valence-electron chi connectivity index (χ2n) is 4.26. The Kier molecular flexibility index (Phi) is 3.75. The monoisotopic (exact) mass is 250 g/mol. The van der Waals surface area contributed by atoms with Gasteiger partial charge in [-0.25, -0.2) is 8.78 Å². The third-order valence-corrected chi connectivity index (χ3v) is 3.00. The Morgan fingerprint density at radius 2 is 1.94 bits per heavy atom. The van der Waals surface area contributed by atoms with Crippen LogP contribution in [0.2, 0.25) is 0 Å². The summed E-state index contributed by atoms with van der Waals surface area (Å²) in [6.07, 6.45) is 2.76. The van der Waals surface area contributed by atoms with Crippen LogP contribution in [0.3, 0.4) is 0 Å². The van der Waals surface area contributed by atoms with E-state index in [9.17, 15) is 8.78 Å². The van der Waals surface area contributed by atoms with Crippen LogP contribution in [0.5, 0.6) is 0 Å². The summed E-state index contributed by atoms with van der Waals surface area (Å²) in [5, 5.41) is 7.23. The van der Waals surface area contributed by atoms with Gasteiger partial charge in [-0.15, -0.1) is 0 Å². The number of hydrogen-bond acceptors (Lipinski definition) is 1. The van der Waals surface area contributed by atoms with Gasteiger partial charge in [-0.3, -0.25) is 5.10 Å². The highest BCUT2D eigenvalue weighted by Crippen LogP contribution is 2.26. The lowest BCUT2D eigenvalue weighted by molar-refractivity contribution is 0.509. The van der Waals surface area contributed by atoms with Crippen molar-refractivity contribution >= 4 is 0 Å². The third-order valence-electron chi connectivity index (χ3n) is 3.00. The molecular weight excluding hydrogens is 234 g/mol. The zero-order valence-corrected chi connectivity index (χ0v) is 10.6. The van der Waals surface area contributed by atoms with Crippen molar-refractivity contribution in [3.8, 4) is 11.3 Å². The van der Waals surface area contributed by atoms with Crippen LogP contribution in [0.4, 0.5) is 8.78 Å². The summed E-state index contributed by atoms with van der Waals surface area (Å²) < 4.78 is 26.2.